The fraction of sp³-hybridized carbons (Fsp3) is 0.500. The Balaban J connectivity index is 1.38. The third-order valence-electron chi connectivity index (χ3n) is 5.84. The third-order valence-corrected chi connectivity index (χ3v) is 5.84. The quantitative estimate of drug-likeness (QED) is 0.675. The fourth-order valence-electron chi connectivity index (χ4n) is 4.00. The first-order valence-corrected chi connectivity index (χ1v) is 11.1. The average Bonchev–Trinajstić information content (AvgIpc) is 2.73. The highest BCUT2D eigenvalue weighted by molar-refractivity contribution is 5.78. The van der Waals surface area contributed by atoms with Crippen LogP contribution in [0.15, 0.2) is 48.5 Å². The summed E-state index contributed by atoms with van der Waals surface area (Å²) in [6, 6.07) is 16.9. The van der Waals surface area contributed by atoms with Crippen molar-refractivity contribution in [2.75, 3.05) is 26.2 Å². The largest absolute Gasteiger partial charge is 0.491 e. The Morgan fingerprint density at radius 2 is 1.73 bits per heavy atom. The molecule has 3 rings (SSSR count). The lowest BCUT2D eigenvalue weighted by Gasteiger charge is -2.31. The number of nitrogens with one attached hydrogen (secondary N) is 1. The number of amides is 1. The van der Waals surface area contributed by atoms with Gasteiger partial charge in [0, 0.05) is 12.5 Å². The van der Waals surface area contributed by atoms with Crippen LogP contribution in [0.5, 0.6) is 5.75 Å². The summed E-state index contributed by atoms with van der Waals surface area (Å²) >= 11 is 0. The minimum Gasteiger partial charge on any atom is -0.491 e. The molecular formula is C26H36N2O2. The van der Waals surface area contributed by atoms with E-state index >= 15 is 0 Å². The summed E-state index contributed by atoms with van der Waals surface area (Å²) in [5.41, 5.74) is 3.86. The van der Waals surface area contributed by atoms with Gasteiger partial charge in [0.25, 0.3) is 0 Å². The van der Waals surface area contributed by atoms with Crippen molar-refractivity contribution in [3.05, 3.63) is 65.2 Å². The van der Waals surface area contributed by atoms with E-state index in [-0.39, 0.29) is 17.2 Å². The average molecular weight is 409 g/mol. The van der Waals surface area contributed by atoms with Crippen LogP contribution in [0.2, 0.25) is 0 Å². The molecule has 4 heteroatoms. The molecule has 4 nitrogen and oxygen atoms in total. The van der Waals surface area contributed by atoms with Crippen LogP contribution in [0, 0.1) is 12.8 Å². The van der Waals surface area contributed by atoms with Gasteiger partial charge in [-0.05, 0) is 55.5 Å². The minimum atomic E-state index is 0.0341. The van der Waals surface area contributed by atoms with Gasteiger partial charge < -0.3 is 10.1 Å². The Kier molecular flexibility index (Phi) is 7.54. The zero-order valence-electron chi connectivity index (χ0n) is 18.9. The SMILES string of the molecule is Cc1ccc(CN2CCC(C(=O)NCCOc3ccccc3C(C)(C)C)CC2)cc1. The van der Waals surface area contributed by atoms with Crippen LogP contribution in [0.1, 0.15) is 50.3 Å². The van der Waals surface area contributed by atoms with Crippen molar-refractivity contribution in [1.82, 2.24) is 10.2 Å². The molecule has 1 saturated heterocycles. The molecule has 2 aromatic carbocycles. The normalized spacial score (nSPS) is 15.7. The molecule has 1 amide bonds. The molecule has 1 aliphatic heterocycles. The molecule has 0 atom stereocenters. The summed E-state index contributed by atoms with van der Waals surface area (Å²) in [4.78, 5) is 15.0. The van der Waals surface area contributed by atoms with Gasteiger partial charge in [0.05, 0.1) is 6.54 Å². The van der Waals surface area contributed by atoms with Crippen LogP contribution < -0.4 is 10.1 Å². The maximum Gasteiger partial charge on any atom is 0.223 e. The van der Waals surface area contributed by atoms with E-state index in [0.717, 1.165) is 38.2 Å². The first-order valence-electron chi connectivity index (χ1n) is 11.1. The second kappa shape index (κ2) is 10.1. The predicted octanol–water partition coefficient (Wildman–Crippen LogP) is 4.70. The number of piperidine rings is 1. The number of ether oxygens (including phenoxy) is 1. The summed E-state index contributed by atoms with van der Waals surface area (Å²) in [6.45, 7) is 12.6. The van der Waals surface area contributed by atoms with Gasteiger partial charge in [0.1, 0.15) is 12.4 Å². The summed E-state index contributed by atoms with van der Waals surface area (Å²) < 4.78 is 5.97. The number of hydrogen-bond donors (Lipinski definition) is 1. The van der Waals surface area contributed by atoms with Crippen molar-refractivity contribution in [3.8, 4) is 5.75 Å². The lowest BCUT2D eigenvalue weighted by molar-refractivity contribution is -0.126. The molecule has 0 radical (unpaired) electrons. The van der Waals surface area contributed by atoms with E-state index in [4.69, 9.17) is 4.74 Å². The van der Waals surface area contributed by atoms with Crippen LogP contribution in [-0.4, -0.2) is 37.0 Å². The molecule has 1 N–H and O–H groups in total. The van der Waals surface area contributed by atoms with Crippen molar-refractivity contribution >= 4 is 5.91 Å². The molecule has 0 aromatic heterocycles. The van der Waals surface area contributed by atoms with Crippen molar-refractivity contribution in [2.24, 2.45) is 5.92 Å². The zero-order valence-corrected chi connectivity index (χ0v) is 18.9. The number of rotatable bonds is 7. The molecule has 162 valence electrons. The molecule has 0 bridgehead atoms. The van der Waals surface area contributed by atoms with Crippen LogP contribution in [0.4, 0.5) is 0 Å². The molecular weight excluding hydrogens is 372 g/mol. The minimum absolute atomic E-state index is 0.0341. The maximum absolute atomic E-state index is 12.6. The van der Waals surface area contributed by atoms with Crippen molar-refractivity contribution in [2.45, 2.75) is 52.5 Å². The van der Waals surface area contributed by atoms with Gasteiger partial charge in [-0.1, -0.05) is 68.8 Å². The molecule has 0 saturated carbocycles. The number of hydrogen-bond acceptors (Lipinski definition) is 3. The van der Waals surface area contributed by atoms with E-state index in [2.05, 4.69) is 68.2 Å². The Bertz CT molecular complexity index is 816. The Labute approximate surface area is 181 Å². The summed E-state index contributed by atoms with van der Waals surface area (Å²) in [5, 5.41) is 3.07. The Morgan fingerprint density at radius 1 is 1.07 bits per heavy atom. The fourth-order valence-corrected chi connectivity index (χ4v) is 4.00. The molecule has 1 aliphatic rings. The number of benzene rings is 2. The first-order chi connectivity index (χ1) is 14.3. The Morgan fingerprint density at radius 3 is 2.40 bits per heavy atom. The van der Waals surface area contributed by atoms with Crippen LogP contribution in [0.3, 0.4) is 0 Å². The van der Waals surface area contributed by atoms with E-state index in [0.29, 0.717) is 13.2 Å². The number of nitrogens with zero attached hydrogens (tertiary/aromatic N) is 1. The lowest BCUT2D eigenvalue weighted by atomic mass is 9.86. The van der Waals surface area contributed by atoms with E-state index in [1.807, 2.05) is 18.2 Å². The van der Waals surface area contributed by atoms with Crippen molar-refractivity contribution in [1.29, 1.82) is 0 Å². The van der Waals surface area contributed by atoms with Gasteiger partial charge in [-0.3, -0.25) is 9.69 Å². The van der Waals surface area contributed by atoms with E-state index < -0.39 is 0 Å². The predicted molar refractivity (Wildman–Crippen MR) is 123 cm³/mol. The lowest BCUT2D eigenvalue weighted by Crippen LogP contribution is -2.41. The molecule has 30 heavy (non-hydrogen) atoms. The summed E-state index contributed by atoms with van der Waals surface area (Å²) in [7, 11) is 0. The molecule has 0 aliphatic carbocycles. The van der Waals surface area contributed by atoms with Crippen molar-refractivity contribution < 1.29 is 9.53 Å². The van der Waals surface area contributed by atoms with E-state index in [1.165, 1.54) is 16.7 Å². The van der Waals surface area contributed by atoms with Gasteiger partial charge >= 0.3 is 0 Å². The van der Waals surface area contributed by atoms with Crippen LogP contribution in [-0.2, 0) is 16.8 Å². The molecule has 1 fully saturated rings. The number of carbonyl (C=O) groups excluding carboxylic acids is 1. The first kappa shape index (κ1) is 22.4. The van der Waals surface area contributed by atoms with Crippen LogP contribution in [0.25, 0.3) is 0 Å². The maximum atomic E-state index is 12.6. The van der Waals surface area contributed by atoms with Gasteiger partial charge in [-0.2, -0.15) is 0 Å². The molecule has 0 unspecified atom stereocenters. The highest BCUT2D eigenvalue weighted by atomic mass is 16.5. The third kappa shape index (κ3) is 6.33. The second-order valence-electron chi connectivity index (χ2n) is 9.42. The van der Waals surface area contributed by atoms with Gasteiger partial charge in [0.15, 0.2) is 0 Å². The summed E-state index contributed by atoms with van der Waals surface area (Å²) in [6.07, 6.45) is 1.84. The van der Waals surface area contributed by atoms with Gasteiger partial charge in [-0.25, -0.2) is 0 Å². The monoisotopic (exact) mass is 408 g/mol. The molecule has 2 aromatic rings. The number of aryl methyl sites for hydroxylation is 1. The molecule has 1 heterocycles. The number of carbonyl (C=O) groups is 1. The van der Waals surface area contributed by atoms with Crippen molar-refractivity contribution in [3.63, 3.8) is 0 Å². The second-order valence-corrected chi connectivity index (χ2v) is 9.42. The zero-order chi connectivity index (χ0) is 21.6. The van der Waals surface area contributed by atoms with Gasteiger partial charge in [-0.15, -0.1) is 0 Å². The molecule has 0 spiro atoms. The topological polar surface area (TPSA) is 41.6 Å². The number of para-hydroxylation sites is 1. The number of likely N-dealkylation sites (tertiary alicyclic amines) is 1. The summed E-state index contributed by atoms with van der Waals surface area (Å²) in [5.74, 6) is 1.18. The van der Waals surface area contributed by atoms with Gasteiger partial charge in [0.2, 0.25) is 5.91 Å². The van der Waals surface area contributed by atoms with E-state index in [1.54, 1.807) is 0 Å². The smallest absolute Gasteiger partial charge is 0.223 e. The standard InChI is InChI=1S/C26H36N2O2/c1-20-9-11-21(12-10-20)19-28-16-13-22(14-17-28)25(29)27-15-18-30-24-8-6-5-7-23(24)26(2,3)4/h5-12,22H,13-19H2,1-4H3,(H,27,29). The highest BCUT2D eigenvalue weighted by Crippen LogP contribution is 2.30. The Hall–Kier alpha value is -2.33. The van der Waals surface area contributed by atoms with E-state index in [9.17, 15) is 4.79 Å². The van der Waals surface area contributed by atoms with Crippen LogP contribution >= 0.6 is 0 Å². The highest BCUT2D eigenvalue weighted by Gasteiger charge is 2.25.